The minimum atomic E-state index is -0.550. The molecule has 0 fully saturated rings. The topological polar surface area (TPSA) is 106 Å². The highest BCUT2D eigenvalue weighted by Gasteiger charge is 2.24. The maximum atomic E-state index is 12.8. The Kier molecular flexibility index (Phi) is 5.22. The molecule has 9 heteroatoms. The molecule has 0 saturated heterocycles. The molecule has 0 radical (unpaired) electrons. The van der Waals surface area contributed by atoms with Crippen LogP contribution < -0.4 is 15.4 Å². The number of hydrogen-bond donors (Lipinski definition) is 2. The Labute approximate surface area is 171 Å². The van der Waals surface area contributed by atoms with Gasteiger partial charge in [-0.1, -0.05) is 16.9 Å². The molecule has 1 aliphatic rings. The molecule has 1 unspecified atom stereocenters. The molecule has 3 heterocycles. The van der Waals surface area contributed by atoms with E-state index in [1.807, 2.05) is 13.0 Å². The van der Waals surface area contributed by atoms with Crippen molar-refractivity contribution in [3.63, 3.8) is 0 Å². The molecule has 8 nitrogen and oxygen atoms in total. The maximum absolute atomic E-state index is 12.8. The van der Waals surface area contributed by atoms with Crippen molar-refractivity contribution in [1.29, 1.82) is 0 Å². The van der Waals surface area contributed by atoms with Crippen LogP contribution in [0.5, 0.6) is 5.75 Å². The Morgan fingerprint density at radius 2 is 2.17 bits per heavy atom. The first-order valence-electron chi connectivity index (χ1n) is 8.92. The van der Waals surface area contributed by atoms with Gasteiger partial charge in [0.1, 0.15) is 16.5 Å². The number of fused-ring (bicyclic) bond motifs is 1. The molecule has 2 N–H and O–H groups in total. The van der Waals surface area contributed by atoms with Crippen LogP contribution in [0.1, 0.15) is 28.7 Å². The van der Waals surface area contributed by atoms with Crippen molar-refractivity contribution in [2.45, 2.75) is 30.7 Å². The quantitative estimate of drug-likeness (QED) is 0.619. The van der Waals surface area contributed by atoms with Crippen molar-refractivity contribution in [1.82, 2.24) is 10.1 Å². The first kappa shape index (κ1) is 19.0. The molecule has 0 bridgehead atoms. The molecule has 1 atom stereocenters. The number of aromatic nitrogens is 2. The van der Waals surface area contributed by atoms with Crippen molar-refractivity contribution >= 4 is 35.0 Å². The average molecular weight is 410 g/mol. The lowest BCUT2D eigenvalue weighted by Gasteiger charge is -2.23. The molecule has 148 valence electrons. The summed E-state index contributed by atoms with van der Waals surface area (Å²) < 4.78 is 10.6. The summed E-state index contributed by atoms with van der Waals surface area (Å²) in [5.74, 6) is 1.31. The van der Waals surface area contributed by atoms with Crippen LogP contribution in [0.2, 0.25) is 0 Å². The molecule has 1 aromatic carbocycles. The summed E-state index contributed by atoms with van der Waals surface area (Å²) in [6, 6.07) is 10.4. The Morgan fingerprint density at radius 3 is 2.97 bits per heavy atom. The molecular weight excluding hydrogens is 392 g/mol. The van der Waals surface area contributed by atoms with Crippen molar-refractivity contribution in [3.8, 4) is 5.75 Å². The van der Waals surface area contributed by atoms with E-state index in [0.717, 1.165) is 11.5 Å². The van der Waals surface area contributed by atoms with Crippen LogP contribution in [0.4, 0.5) is 11.4 Å². The standard InChI is InChI=1S/C20H18N4O4S/c1-11-8-14(24-28-11)10-29-20-15(4-3-7-21-20)19(26)22-13-5-6-17-16(9-13)23-18(25)12(2)27-17/h3-9,12H,10H2,1-2H3,(H,22,26)(H,23,25). The van der Waals surface area contributed by atoms with Crippen LogP contribution in [-0.4, -0.2) is 28.1 Å². The van der Waals surface area contributed by atoms with E-state index in [2.05, 4.69) is 20.8 Å². The molecule has 2 amide bonds. The molecule has 4 rings (SSSR count). The Morgan fingerprint density at radius 1 is 1.31 bits per heavy atom. The van der Waals surface area contributed by atoms with Crippen LogP contribution in [0.15, 0.2) is 52.1 Å². The number of anilines is 2. The number of carbonyl (C=O) groups is 2. The number of hydrogen-bond acceptors (Lipinski definition) is 7. The fourth-order valence-corrected chi connectivity index (χ4v) is 3.66. The first-order chi connectivity index (χ1) is 14.0. The van der Waals surface area contributed by atoms with Gasteiger partial charge in [0, 0.05) is 23.7 Å². The van der Waals surface area contributed by atoms with Crippen molar-refractivity contribution < 1.29 is 18.8 Å². The summed E-state index contributed by atoms with van der Waals surface area (Å²) in [4.78, 5) is 28.9. The van der Waals surface area contributed by atoms with E-state index >= 15 is 0 Å². The van der Waals surface area contributed by atoms with E-state index < -0.39 is 6.10 Å². The summed E-state index contributed by atoms with van der Waals surface area (Å²) >= 11 is 1.40. The second kappa shape index (κ2) is 7.96. The predicted molar refractivity (Wildman–Crippen MR) is 108 cm³/mol. The number of amides is 2. The van der Waals surface area contributed by atoms with Gasteiger partial charge < -0.3 is 19.9 Å². The Bertz CT molecular complexity index is 1080. The van der Waals surface area contributed by atoms with E-state index in [4.69, 9.17) is 9.26 Å². The van der Waals surface area contributed by atoms with Gasteiger partial charge in [-0.05, 0) is 44.2 Å². The first-order valence-corrected chi connectivity index (χ1v) is 9.91. The van der Waals surface area contributed by atoms with Crippen LogP contribution in [0, 0.1) is 6.92 Å². The van der Waals surface area contributed by atoms with Crippen LogP contribution in [-0.2, 0) is 10.5 Å². The third kappa shape index (κ3) is 4.24. The summed E-state index contributed by atoms with van der Waals surface area (Å²) in [5.41, 5.74) is 2.29. The third-order valence-electron chi connectivity index (χ3n) is 4.22. The number of rotatable bonds is 5. The fourth-order valence-electron chi connectivity index (χ4n) is 2.79. The molecule has 0 saturated carbocycles. The normalized spacial score (nSPS) is 15.2. The van der Waals surface area contributed by atoms with Crippen molar-refractivity contribution in [2.24, 2.45) is 0 Å². The summed E-state index contributed by atoms with van der Waals surface area (Å²) in [6.07, 6.45) is 1.09. The lowest BCUT2D eigenvalue weighted by molar-refractivity contribution is -0.122. The van der Waals surface area contributed by atoms with Crippen molar-refractivity contribution in [2.75, 3.05) is 10.6 Å². The van der Waals surface area contributed by atoms with Gasteiger partial charge in [0.2, 0.25) is 0 Å². The van der Waals surface area contributed by atoms with E-state index in [9.17, 15) is 9.59 Å². The predicted octanol–water partition coefficient (Wildman–Crippen LogP) is 3.64. The van der Waals surface area contributed by atoms with Gasteiger partial charge in [-0.2, -0.15) is 0 Å². The molecule has 0 aliphatic carbocycles. The Balaban J connectivity index is 1.49. The second-order valence-corrected chi connectivity index (χ2v) is 7.45. The van der Waals surface area contributed by atoms with Gasteiger partial charge in [0.05, 0.1) is 16.9 Å². The largest absolute Gasteiger partial charge is 0.479 e. The number of benzene rings is 1. The van der Waals surface area contributed by atoms with Gasteiger partial charge in [-0.3, -0.25) is 9.59 Å². The summed E-state index contributed by atoms with van der Waals surface area (Å²) in [7, 11) is 0. The third-order valence-corrected chi connectivity index (χ3v) is 5.26. The lowest BCUT2D eigenvalue weighted by Crippen LogP contribution is -2.34. The number of nitrogens with one attached hydrogen (secondary N) is 2. The summed E-state index contributed by atoms with van der Waals surface area (Å²) in [5, 5.41) is 10.2. The van der Waals surface area contributed by atoms with Gasteiger partial charge in [0.25, 0.3) is 11.8 Å². The van der Waals surface area contributed by atoms with E-state index in [1.54, 1.807) is 43.5 Å². The highest BCUT2D eigenvalue weighted by Crippen LogP contribution is 2.32. The average Bonchev–Trinajstić information content (AvgIpc) is 3.13. The van der Waals surface area contributed by atoms with Gasteiger partial charge in [0.15, 0.2) is 6.10 Å². The number of thioether (sulfide) groups is 1. The van der Waals surface area contributed by atoms with Crippen LogP contribution in [0.3, 0.4) is 0 Å². The van der Waals surface area contributed by atoms with Crippen molar-refractivity contribution in [3.05, 3.63) is 59.6 Å². The number of nitrogens with zero attached hydrogens (tertiary/aromatic N) is 2. The number of ether oxygens (including phenoxy) is 1. The summed E-state index contributed by atoms with van der Waals surface area (Å²) in [6.45, 7) is 3.50. The van der Waals surface area contributed by atoms with Gasteiger partial charge >= 0.3 is 0 Å². The highest BCUT2D eigenvalue weighted by atomic mass is 32.2. The van der Waals surface area contributed by atoms with Gasteiger partial charge in [-0.25, -0.2) is 4.98 Å². The number of aryl methyl sites for hydroxylation is 1. The zero-order valence-corrected chi connectivity index (χ0v) is 16.6. The molecule has 29 heavy (non-hydrogen) atoms. The van der Waals surface area contributed by atoms with E-state index in [0.29, 0.717) is 33.5 Å². The van der Waals surface area contributed by atoms with Gasteiger partial charge in [-0.15, -0.1) is 0 Å². The molecular formula is C20H18N4O4S. The SMILES string of the molecule is Cc1cc(CSc2ncccc2C(=O)Nc2ccc3c(c2)NC(=O)C(C)O3)no1. The number of carbonyl (C=O) groups excluding carboxylic acids is 2. The zero-order chi connectivity index (χ0) is 20.4. The number of pyridine rings is 1. The minimum absolute atomic E-state index is 0.227. The molecule has 0 spiro atoms. The lowest BCUT2D eigenvalue weighted by atomic mass is 10.2. The minimum Gasteiger partial charge on any atom is -0.479 e. The van der Waals surface area contributed by atoms with Crippen LogP contribution >= 0.6 is 11.8 Å². The monoisotopic (exact) mass is 410 g/mol. The maximum Gasteiger partial charge on any atom is 0.265 e. The molecule has 1 aliphatic heterocycles. The Hall–Kier alpha value is -3.33. The highest BCUT2D eigenvalue weighted by molar-refractivity contribution is 7.98. The van der Waals surface area contributed by atoms with E-state index in [1.165, 1.54) is 11.8 Å². The zero-order valence-electron chi connectivity index (χ0n) is 15.8. The van der Waals surface area contributed by atoms with Crippen LogP contribution in [0.25, 0.3) is 0 Å². The smallest absolute Gasteiger partial charge is 0.265 e. The molecule has 2 aromatic heterocycles. The van der Waals surface area contributed by atoms with E-state index in [-0.39, 0.29) is 11.8 Å². The fraction of sp³-hybridized carbons (Fsp3) is 0.200. The second-order valence-electron chi connectivity index (χ2n) is 6.49. The molecule has 3 aromatic rings.